The van der Waals surface area contributed by atoms with Crippen molar-refractivity contribution < 1.29 is 19.8 Å². The van der Waals surface area contributed by atoms with Gasteiger partial charge in [-0.2, -0.15) is 0 Å². The number of unbranched alkanes of at least 4 members (excludes halogenated alkanes) is 1. The van der Waals surface area contributed by atoms with Crippen LogP contribution < -0.4 is 5.73 Å². The zero-order chi connectivity index (χ0) is 10.1. The Morgan fingerprint density at radius 3 is 1.42 bits per heavy atom. The molecule has 0 aliphatic carbocycles. The first-order chi connectivity index (χ1) is 5.47. The van der Waals surface area contributed by atoms with Crippen molar-refractivity contribution in [1.82, 2.24) is 0 Å². The van der Waals surface area contributed by atoms with Crippen LogP contribution in [0.3, 0.4) is 0 Å². The molecule has 0 aromatic carbocycles. The van der Waals surface area contributed by atoms with Crippen LogP contribution in [-0.4, -0.2) is 28.2 Å². The minimum Gasteiger partial charge on any atom is -0.480 e. The molecule has 0 amide bonds. The molecule has 0 radical (unpaired) electrons. The van der Waals surface area contributed by atoms with Crippen LogP contribution in [0.25, 0.3) is 0 Å². The Morgan fingerprint density at radius 1 is 1.17 bits per heavy atom. The third-order valence-electron chi connectivity index (χ3n) is 1.03. The van der Waals surface area contributed by atoms with Crippen molar-refractivity contribution in [3.05, 3.63) is 0 Å². The molecule has 5 nitrogen and oxygen atoms in total. The smallest absolute Gasteiger partial charge is 0.332 e. The van der Waals surface area contributed by atoms with Gasteiger partial charge in [-0.25, -0.2) is 9.59 Å². The quantitative estimate of drug-likeness (QED) is 0.538. The molecule has 72 valence electrons. The van der Waals surface area contributed by atoms with E-state index in [1.54, 1.807) is 0 Å². The molecule has 0 aromatic rings. The Hall–Kier alpha value is -1.10. The van der Waals surface area contributed by atoms with Gasteiger partial charge < -0.3 is 15.9 Å². The summed E-state index contributed by atoms with van der Waals surface area (Å²) in [7, 11) is 0. The van der Waals surface area contributed by atoms with E-state index in [4.69, 9.17) is 10.2 Å². The summed E-state index contributed by atoms with van der Waals surface area (Å²) in [5.41, 5.74) is 4.56. The van der Waals surface area contributed by atoms with Crippen LogP contribution >= 0.6 is 0 Å². The molecule has 0 saturated heterocycles. The fourth-order valence-corrected chi connectivity index (χ4v) is 0.106. The predicted molar refractivity (Wildman–Crippen MR) is 43.8 cm³/mol. The van der Waals surface area contributed by atoms with E-state index < -0.39 is 18.0 Å². The van der Waals surface area contributed by atoms with E-state index in [9.17, 15) is 9.59 Å². The highest BCUT2D eigenvalue weighted by Gasteiger charge is 2.18. The number of carboxylic acid groups (broad SMARTS) is 2. The lowest BCUT2D eigenvalue weighted by Gasteiger charge is -1.95. The molecule has 0 atom stereocenters. The summed E-state index contributed by atoms with van der Waals surface area (Å²) in [6.07, 6.45) is 2.64. The van der Waals surface area contributed by atoms with Crippen LogP contribution in [0.2, 0.25) is 0 Å². The molecule has 12 heavy (non-hydrogen) atoms. The van der Waals surface area contributed by atoms with E-state index in [-0.39, 0.29) is 0 Å². The SMILES string of the molecule is CCCC.NC(C(=O)O)C(=O)O. The van der Waals surface area contributed by atoms with E-state index in [2.05, 4.69) is 19.6 Å². The second-order valence-corrected chi connectivity index (χ2v) is 2.15. The van der Waals surface area contributed by atoms with Gasteiger partial charge in [0, 0.05) is 0 Å². The summed E-state index contributed by atoms with van der Waals surface area (Å²) in [4.78, 5) is 19.3. The van der Waals surface area contributed by atoms with Crippen LogP contribution in [0.15, 0.2) is 0 Å². The molecule has 0 aliphatic rings. The number of hydrogen-bond donors (Lipinski definition) is 3. The molecular weight excluding hydrogens is 162 g/mol. The Kier molecular flexibility index (Phi) is 8.99. The Labute approximate surface area is 71.2 Å². The van der Waals surface area contributed by atoms with Crippen LogP contribution in [0.5, 0.6) is 0 Å². The fourth-order valence-electron chi connectivity index (χ4n) is 0.106. The summed E-state index contributed by atoms with van der Waals surface area (Å²) < 4.78 is 0. The lowest BCUT2D eigenvalue weighted by molar-refractivity contribution is -0.149. The molecule has 0 rings (SSSR count). The molecule has 0 heterocycles. The molecule has 4 N–H and O–H groups in total. The van der Waals surface area contributed by atoms with Crippen LogP contribution in [0.4, 0.5) is 0 Å². The van der Waals surface area contributed by atoms with Gasteiger partial charge >= 0.3 is 11.9 Å². The maximum Gasteiger partial charge on any atom is 0.332 e. The van der Waals surface area contributed by atoms with Crippen molar-refractivity contribution in [2.24, 2.45) is 5.73 Å². The predicted octanol–water partition coefficient (Wildman–Crippen LogP) is 0.289. The summed E-state index contributed by atoms with van der Waals surface area (Å²) in [5.74, 6) is -3.06. The maximum atomic E-state index is 9.63. The summed E-state index contributed by atoms with van der Waals surface area (Å²) >= 11 is 0. The van der Waals surface area contributed by atoms with E-state index in [0.717, 1.165) is 0 Å². The lowest BCUT2D eigenvalue weighted by Crippen LogP contribution is -2.38. The highest BCUT2D eigenvalue weighted by molar-refractivity contribution is 5.96. The molecule has 0 bridgehead atoms. The Balaban J connectivity index is 0. The highest BCUT2D eigenvalue weighted by Crippen LogP contribution is 1.76. The van der Waals surface area contributed by atoms with E-state index in [1.807, 2.05) is 0 Å². The third kappa shape index (κ3) is 8.90. The molecule has 0 fully saturated rings. The molecule has 0 unspecified atom stereocenters. The standard InChI is InChI=1S/C4H10.C3H5NO4/c1-3-4-2;4-1(2(5)6)3(7)8/h3-4H2,1-2H3;1H,4H2,(H,5,6)(H,7,8). The van der Waals surface area contributed by atoms with Crippen molar-refractivity contribution >= 4 is 11.9 Å². The van der Waals surface area contributed by atoms with Crippen molar-refractivity contribution in [3.63, 3.8) is 0 Å². The van der Waals surface area contributed by atoms with Gasteiger partial charge in [0.2, 0.25) is 6.04 Å². The molecule has 0 spiro atoms. The van der Waals surface area contributed by atoms with Gasteiger partial charge in [-0.1, -0.05) is 26.7 Å². The number of nitrogens with two attached hydrogens (primary N) is 1. The average molecular weight is 177 g/mol. The monoisotopic (exact) mass is 177 g/mol. The Bertz CT molecular complexity index is 130. The Morgan fingerprint density at radius 2 is 1.42 bits per heavy atom. The number of carbonyl (C=O) groups is 2. The van der Waals surface area contributed by atoms with Crippen LogP contribution in [-0.2, 0) is 9.59 Å². The van der Waals surface area contributed by atoms with Gasteiger partial charge in [0.1, 0.15) is 0 Å². The van der Waals surface area contributed by atoms with Gasteiger partial charge in [0.05, 0.1) is 0 Å². The first-order valence-corrected chi connectivity index (χ1v) is 3.68. The van der Waals surface area contributed by atoms with Gasteiger partial charge in [-0.3, -0.25) is 0 Å². The molecule has 0 aromatic heterocycles. The van der Waals surface area contributed by atoms with E-state index in [1.165, 1.54) is 12.8 Å². The van der Waals surface area contributed by atoms with Gasteiger partial charge in [-0.05, 0) is 0 Å². The summed E-state index contributed by atoms with van der Waals surface area (Å²) in [6.45, 7) is 4.36. The summed E-state index contributed by atoms with van der Waals surface area (Å²) in [5, 5.41) is 15.7. The second kappa shape index (κ2) is 8.00. The molecule has 0 saturated carbocycles. The topological polar surface area (TPSA) is 101 Å². The van der Waals surface area contributed by atoms with Crippen molar-refractivity contribution in [2.45, 2.75) is 32.7 Å². The zero-order valence-corrected chi connectivity index (χ0v) is 7.28. The third-order valence-corrected chi connectivity index (χ3v) is 1.03. The zero-order valence-electron chi connectivity index (χ0n) is 7.28. The van der Waals surface area contributed by atoms with Crippen LogP contribution in [0.1, 0.15) is 26.7 Å². The molecule has 0 aliphatic heterocycles. The minimum atomic E-state index is -1.80. The van der Waals surface area contributed by atoms with Crippen molar-refractivity contribution in [1.29, 1.82) is 0 Å². The number of hydrogen-bond acceptors (Lipinski definition) is 3. The molecular formula is C7H15NO4. The minimum absolute atomic E-state index is 1.32. The largest absolute Gasteiger partial charge is 0.480 e. The van der Waals surface area contributed by atoms with Crippen LogP contribution in [0, 0.1) is 0 Å². The number of carboxylic acids is 2. The van der Waals surface area contributed by atoms with E-state index >= 15 is 0 Å². The van der Waals surface area contributed by atoms with Crippen molar-refractivity contribution in [3.8, 4) is 0 Å². The average Bonchev–Trinajstić information content (AvgIpc) is 2.03. The lowest BCUT2D eigenvalue weighted by atomic mass is 10.3. The number of aliphatic carboxylic acids is 2. The highest BCUT2D eigenvalue weighted by atomic mass is 16.4. The molecule has 5 heteroatoms. The maximum absolute atomic E-state index is 9.63. The first-order valence-electron chi connectivity index (χ1n) is 3.68. The summed E-state index contributed by atoms with van der Waals surface area (Å²) in [6, 6.07) is -1.80. The van der Waals surface area contributed by atoms with Crippen molar-refractivity contribution in [2.75, 3.05) is 0 Å². The van der Waals surface area contributed by atoms with Gasteiger partial charge in [-0.15, -0.1) is 0 Å². The second-order valence-electron chi connectivity index (χ2n) is 2.15. The fraction of sp³-hybridized carbons (Fsp3) is 0.714. The number of rotatable bonds is 3. The first kappa shape index (κ1) is 13.5. The van der Waals surface area contributed by atoms with Gasteiger partial charge in [0.25, 0.3) is 0 Å². The van der Waals surface area contributed by atoms with Gasteiger partial charge in [0.15, 0.2) is 0 Å². The normalized spacial score (nSPS) is 8.67. The van der Waals surface area contributed by atoms with E-state index in [0.29, 0.717) is 0 Å².